The molecule has 2 heterocycles. The minimum atomic E-state index is -0.276. The number of anilines is 1. The number of amides is 3. The molecule has 29 heavy (non-hydrogen) atoms. The molecule has 0 radical (unpaired) electrons. The molecule has 2 aromatic carbocycles. The van der Waals surface area contributed by atoms with Crippen LogP contribution in [0.3, 0.4) is 0 Å². The summed E-state index contributed by atoms with van der Waals surface area (Å²) in [7, 11) is 1.63. The molecule has 2 aromatic rings. The summed E-state index contributed by atoms with van der Waals surface area (Å²) in [4.78, 5) is 28.7. The van der Waals surface area contributed by atoms with Crippen LogP contribution in [-0.4, -0.2) is 47.7 Å². The fourth-order valence-electron chi connectivity index (χ4n) is 3.98. The zero-order valence-electron chi connectivity index (χ0n) is 16.5. The van der Waals surface area contributed by atoms with E-state index in [-0.39, 0.29) is 16.8 Å². The van der Waals surface area contributed by atoms with Crippen molar-refractivity contribution >= 4 is 29.4 Å². The van der Waals surface area contributed by atoms with Gasteiger partial charge in [-0.05, 0) is 42.7 Å². The lowest BCUT2D eigenvalue weighted by Gasteiger charge is -2.43. The van der Waals surface area contributed by atoms with Crippen LogP contribution in [0.1, 0.15) is 18.4 Å². The van der Waals surface area contributed by atoms with Crippen molar-refractivity contribution in [3.63, 3.8) is 0 Å². The van der Waals surface area contributed by atoms with Gasteiger partial charge >= 0.3 is 6.03 Å². The Labute approximate surface area is 175 Å². The first kappa shape index (κ1) is 19.6. The van der Waals surface area contributed by atoms with E-state index in [4.69, 9.17) is 4.74 Å². The smallest absolute Gasteiger partial charge is 0.317 e. The first-order valence-corrected chi connectivity index (χ1v) is 10.8. The highest BCUT2D eigenvalue weighted by atomic mass is 32.2. The third kappa shape index (κ3) is 4.05. The minimum absolute atomic E-state index is 0.0472. The number of methoxy groups -OCH3 is 1. The van der Waals surface area contributed by atoms with Gasteiger partial charge in [0.15, 0.2) is 0 Å². The van der Waals surface area contributed by atoms with Crippen molar-refractivity contribution in [2.75, 3.05) is 30.9 Å². The summed E-state index contributed by atoms with van der Waals surface area (Å²) in [6.45, 7) is 1.79. The van der Waals surface area contributed by atoms with Gasteiger partial charge in [0.05, 0.1) is 17.7 Å². The number of likely N-dealkylation sites (tertiary alicyclic amines) is 1. The zero-order valence-corrected chi connectivity index (χ0v) is 17.3. The molecule has 0 aromatic heterocycles. The van der Waals surface area contributed by atoms with E-state index in [0.29, 0.717) is 25.4 Å². The van der Waals surface area contributed by atoms with Gasteiger partial charge in [0, 0.05) is 25.3 Å². The Morgan fingerprint density at radius 2 is 1.79 bits per heavy atom. The van der Waals surface area contributed by atoms with Crippen LogP contribution < -0.4 is 15.0 Å². The molecule has 2 saturated heterocycles. The number of ether oxygens (including phenoxy) is 1. The molecule has 0 saturated carbocycles. The maximum absolute atomic E-state index is 12.7. The number of carbonyl (C=O) groups is 2. The quantitative estimate of drug-likeness (QED) is 0.837. The number of carbonyl (C=O) groups excluding carboxylic acids is 2. The Hall–Kier alpha value is -2.67. The van der Waals surface area contributed by atoms with Crippen LogP contribution in [0.5, 0.6) is 5.75 Å². The van der Waals surface area contributed by atoms with Crippen molar-refractivity contribution in [2.24, 2.45) is 0 Å². The number of hydrogen-bond acceptors (Lipinski definition) is 4. The monoisotopic (exact) mass is 411 g/mol. The molecule has 1 N–H and O–H groups in total. The van der Waals surface area contributed by atoms with Crippen LogP contribution in [0.25, 0.3) is 0 Å². The number of urea groups is 1. The molecule has 0 unspecified atom stereocenters. The fraction of sp³-hybridized carbons (Fsp3) is 0.364. The van der Waals surface area contributed by atoms with Gasteiger partial charge in [-0.3, -0.25) is 9.69 Å². The number of nitrogens with zero attached hydrogens (tertiary/aromatic N) is 2. The number of thioether (sulfide) groups is 1. The first-order chi connectivity index (χ1) is 14.1. The number of piperidine rings is 1. The first-order valence-electron chi connectivity index (χ1n) is 9.79. The minimum Gasteiger partial charge on any atom is -0.497 e. The van der Waals surface area contributed by atoms with Gasteiger partial charge in [-0.25, -0.2) is 4.79 Å². The summed E-state index contributed by atoms with van der Waals surface area (Å²) in [5, 5.41) is 3.00. The molecule has 6 nitrogen and oxygen atoms in total. The number of rotatable bonds is 4. The van der Waals surface area contributed by atoms with Crippen LogP contribution in [0.15, 0.2) is 54.6 Å². The lowest BCUT2D eigenvalue weighted by Crippen LogP contribution is -2.54. The van der Waals surface area contributed by atoms with E-state index < -0.39 is 0 Å². The molecule has 2 aliphatic heterocycles. The number of nitrogens with one attached hydrogen (secondary N) is 1. The van der Waals surface area contributed by atoms with E-state index in [1.165, 1.54) is 0 Å². The van der Waals surface area contributed by atoms with Gasteiger partial charge in [0.1, 0.15) is 5.75 Å². The van der Waals surface area contributed by atoms with Gasteiger partial charge in [-0.2, -0.15) is 0 Å². The summed E-state index contributed by atoms with van der Waals surface area (Å²) in [6.07, 6.45) is 1.52. The van der Waals surface area contributed by atoms with Crippen LogP contribution in [0.4, 0.5) is 10.5 Å². The van der Waals surface area contributed by atoms with Crippen molar-refractivity contribution in [3.05, 3.63) is 60.2 Å². The van der Waals surface area contributed by atoms with Crippen LogP contribution in [0, 0.1) is 0 Å². The van der Waals surface area contributed by atoms with Gasteiger partial charge in [0.2, 0.25) is 5.91 Å². The average Bonchev–Trinajstić information content (AvgIpc) is 3.09. The van der Waals surface area contributed by atoms with E-state index >= 15 is 0 Å². The van der Waals surface area contributed by atoms with Crippen molar-refractivity contribution in [1.82, 2.24) is 10.2 Å². The molecule has 7 heteroatoms. The lowest BCUT2D eigenvalue weighted by atomic mass is 10.0. The summed E-state index contributed by atoms with van der Waals surface area (Å²) in [6, 6.07) is 17.5. The number of benzene rings is 2. The van der Waals surface area contributed by atoms with E-state index in [1.54, 1.807) is 18.9 Å². The van der Waals surface area contributed by atoms with Crippen molar-refractivity contribution in [3.8, 4) is 5.75 Å². The second-order valence-corrected chi connectivity index (χ2v) is 8.63. The molecule has 1 spiro atoms. The molecule has 0 bridgehead atoms. The highest BCUT2D eigenvalue weighted by Crippen LogP contribution is 2.46. The summed E-state index contributed by atoms with van der Waals surface area (Å²) >= 11 is 1.70. The predicted molar refractivity (Wildman–Crippen MR) is 115 cm³/mol. The summed E-state index contributed by atoms with van der Waals surface area (Å²) < 4.78 is 5.23. The van der Waals surface area contributed by atoms with Gasteiger partial charge in [-0.15, -0.1) is 11.8 Å². The highest BCUT2D eigenvalue weighted by Gasteiger charge is 2.49. The molecule has 2 aliphatic rings. The Balaban J connectivity index is 1.40. The highest BCUT2D eigenvalue weighted by molar-refractivity contribution is 8.02. The molecular weight excluding hydrogens is 386 g/mol. The SMILES string of the molecule is COc1ccc(N2C(=O)CSC23CCN(C(=O)NCc2ccccc2)CC3)cc1. The summed E-state index contributed by atoms with van der Waals surface area (Å²) in [5.41, 5.74) is 1.97. The predicted octanol–water partition coefficient (Wildman–Crippen LogP) is 3.48. The zero-order chi connectivity index (χ0) is 20.3. The van der Waals surface area contributed by atoms with E-state index in [2.05, 4.69) is 5.32 Å². The normalized spacial score (nSPS) is 18.2. The third-order valence-corrected chi connectivity index (χ3v) is 7.09. The topological polar surface area (TPSA) is 61.9 Å². The largest absolute Gasteiger partial charge is 0.497 e. The second kappa shape index (κ2) is 8.37. The molecular formula is C22H25N3O3S. The Morgan fingerprint density at radius 1 is 1.10 bits per heavy atom. The second-order valence-electron chi connectivity index (χ2n) is 7.29. The maximum Gasteiger partial charge on any atom is 0.317 e. The standard InChI is InChI=1S/C22H25N3O3S/c1-28-19-9-7-18(8-10-19)25-20(26)16-29-22(25)11-13-24(14-12-22)21(27)23-15-17-5-3-2-4-6-17/h2-10H,11-16H2,1H3,(H,23,27). The van der Waals surface area contributed by atoms with E-state index in [1.807, 2.05) is 64.4 Å². The Kier molecular flexibility index (Phi) is 5.67. The van der Waals surface area contributed by atoms with Gasteiger partial charge in [-0.1, -0.05) is 30.3 Å². The van der Waals surface area contributed by atoms with Gasteiger partial charge < -0.3 is 15.0 Å². The fourth-order valence-corrected chi connectivity index (χ4v) is 5.30. The van der Waals surface area contributed by atoms with Crippen molar-refractivity contribution in [1.29, 1.82) is 0 Å². The Morgan fingerprint density at radius 3 is 2.45 bits per heavy atom. The van der Waals surface area contributed by atoms with Crippen molar-refractivity contribution < 1.29 is 14.3 Å². The van der Waals surface area contributed by atoms with E-state index in [9.17, 15) is 9.59 Å². The number of hydrogen-bond donors (Lipinski definition) is 1. The lowest BCUT2D eigenvalue weighted by molar-refractivity contribution is -0.116. The molecule has 152 valence electrons. The van der Waals surface area contributed by atoms with Crippen LogP contribution in [-0.2, 0) is 11.3 Å². The van der Waals surface area contributed by atoms with Crippen molar-refractivity contribution in [2.45, 2.75) is 24.3 Å². The Bertz CT molecular complexity index is 865. The summed E-state index contributed by atoms with van der Waals surface area (Å²) in [5.74, 6) is 1.38. The van der Waals surface area contributed by atoms with Crippen LogP contribution in [0.2, 0.25) is 0 Å². The molecule has 3 amide bonds. The maximum atomic E-state index is 12.7. The van der Waals surface area contributed by atoms with E-state index in [0.717, 1.165) is 29.8 Å². The molecule has 4 rings (SSSR count). The van der Waals surface area contributed by atoms with Crippen LogP contribution >= 0.6 is 11.8 Å². The third-order valence-electron chi connectivity index (χ3n) is 5.57. The molecule has 0 aliphatic carbocycles. The average molecular weight is 412 g/mol. The van der Waals surface area contributed by atoms with Gasteiger partial charge in [0.25, 0.3) is 0 Å². The molecule has 0 atom stereocenters. The molecule has 2 fully saturated rings.